The van der Waals surface area contributed by atoms with E-state index in [1.165, 1.54) is 17.6 Å². The smallest absolute Gasteiger partial charge is 0.275 e. The van der Waals surface area contributed by atoms with E-state index in [-0.39, 0.29) is 23.9 Å². The molecule has 1 aromatic rings. The average molecular weight is 355 g/mol. The topological polar surface area (TPSA) is 88.5 Å². The number of anilines is 1. The van der Waals surface area contributed by atoms with Gasteiger partial charge in [-0.15, -0.1) is 0 Å². The van der Waals surface area contributed by atoms with Crippen LogP contribution >= 0.6 is 0 Å². The van der Waals surface area contributed by atoms with Crippen LogP contribution in [0.1, 0.15) is 38.3 Å². The van der Waals surface area contributed by atoms with Crippen LogP contribution in [0.25, 0.3) is 0 Å². The largest absolute Gasteiger partial charge is 0.341 e. The third-order valence-electron chi connectivity index (χ3n) is 4.29. The van der Waals surface area contributed by atoms with Crippen LogP contribution in [0, 0.1) is 6.92 Å². The van der Waals surface area contributed by atoms with Crippen LogP contribution in [0.2, 0.25) is 0 Å². The standard InChI is InChI=1S/C16H25N3O4S/c1-3-24(22,23)17-14-9-8-13(2)19(16(14)21)12-15(20)18-10-6-4-5-7-11-18/h8-9,17H,3-7,10-12H2,1-2H3. The Kier molecular flexibility index (Phi) is 6.04. The number of hydrogen-bond acceptors (Lipinski definition) is 4. The summed E-state index contributed by atoms with van der Waals surface area (Å²) in [5, 5.41) is 0. The lowest BCUT2D eigenvalue weighted by atomic mass is 10.2. The van der Waals surface area contributed by atoms with Gasteiger partial charge in [0.1, 0.15) is 12.2 Å². The number of hydrogen-bond donors (Lipinski definition) is 1. The Morgan fingerprint density at radius 3 is 2.38 bits per heavy atom. The predicted octanol–water partition coefficient (Wildman–Crippen LogP) is 1.32. The molecule has 1 saturated heterocycles. The van der Waals surface area contributed by atoms with Crippen molar-refractivity contribution in [2.45, 2.75) is 46.1 Å². The van der Waals surface area contributed by atoms with E-state index < -0.39 is 15.6 Å². The van der Waals surface area contributed by atoms with Gasteiger partial charge in [0, 0.05) is 18.8 Å². The number of rotatable bonds is 5. The number of aryl methyl sites for hydroxylation is 1. The fourth-order valence-electron chi connectivity index (χ4n) is 2.74. The zero-order chi connectivity index (χ0) is 17.7. The van der Waals surface area contributed by atoms with Gasteiger partial charge in [-0.05, 0) is 38.8 Å². The number of carbonyl (C=O) groups excluding carboxylic acids is 1. The summed E-state index contributed by atoms with van der Waals surface area (Å²) in [5.41, 5.74) is 0.115. The van der Waals surface area contributed by atoms with Gasteiger partial charge >= 0.3 is 0 Å². The zero-order valence-electron chi connectivity index (χ0n) is 14.2. The second-order valence-corrected chi connectivity index (χ2v) is 8.09. The second-order valence-electron chi connectivity index (χ2n) is 6.08. The number of aromatic nitrogens is 1. The van der Waals surface area contributed by atoms with E-state index in [2.05, 4.69) is 4.72 Å². The molecular formula is C16H25N3O4S. The molecular weight excluding hydrogens is 330 g/mol. The van der Waals surface area contributed by atoms with Gasteiger partial charge in [0.15, 0.2) is 0 Å². The predicted molar refractivity (Wildman–Crippen MR) is 93.6 cm³/mol. The number of amides is 1. The molecule has 1 aromatic heterocycles. The number of pyridine rings is 1. The number of sulfonamides is 1. The Morgan fingerprint density at radius 1 is 1.17 bits per heavy atom. The Hall–Kier alpha value is -1.83. The van der Waals surface area contributed by atoms with Gasteiger partial charge in [-0.3, -0.25) is 14.3 Å². The summed E-state index contributed by atoms with van der Waals surface area (Å²) in [7, 11) is -3.54. The lowest BCUT2D eigenvalue weighted by molar-refractivity contribution is -0.131. The van der Waals surface area contributed by atoms with Crippen LogP contribution in [0.5, 0.6) is 0 Å². The summed E-state index contributed by atoms with van der Waals surface area (Å²) < 4.78 is 27.0. The molecule has 1 amide bonds. The number of nitrogens with one attached hydrogen (secondary N) is 1. The Bertz CT molecular complexity index is 747. The van der Waals surface area contributed by atoms with Crippen LogP contribution in [0.3, 0.4) is 0 Å². The third-order valence-corrected chi connectivity index (χ3v) is 5.58. The summed E-state index contributed by atoms with van der Waals surface area (Å²) in [6.45, 7) is 4.60. The van der Waals surface area contributed by atoms with E-state index in [1.54, 1.807) is 17.9 Å². The van der Waals surface area contributed by atoms with Crippen molar-refractivity contribution in [1.82, 2.24) is 9.47 Å². The first-order valence-electron chi connectivity index (χ1n) is 8.33. The SMILES string of the molecule is CCS(=O)(=O)Nc1ccc(C)n(CC(=O)N2CCCCCC2)c1=O. The second kappa shape index (κ2) is 7.83. The maximum absolute atomic E-state index is 12.5. The monoisotopic (exact) mass is 355 g/mol. The van der Waals surface area contributed by atoms with E-state index in [1.807, 2.05) is 0 Å². The van der Waals surface area contributed by atoms with Crippen molar-refractivity contribution in [3.63, 3.8) is 0 Å². The number of carbonyl (C=O) groups is 1. The van der Waals surface area contributed by atoms with Crippen LogP contribution in [0.4, 0.5) is 5.69 Å². The van der Waals surface area contributed by atoms with Crippen molar-refractivity contribution in [2.75, 3.05) is 23.6 Å². The minimum absolute atomic E-state index is 0.0221. The number of nitrogens with zero attached hydrogens (tertiary/aromatic N) is 2. The molecule has 7 nitrogen and oxygen atoms in total. The average Bonchev–Trinajstić information content (AvgIpc) is 2.83. The molecule has 2 rings (SSSR count). The fraction of sp³-hybridized carbons (Fsp3) is 0.625. The van der Waals surface area contributed by atoms with Crippen LogP contribution in [-0.2, 0) is 21.4 Å². The molecule has 0 bridgehead atoms. The van der Waals surface area contributed by atoms with E-state index in [4.69, 9.17) is 0 Å². The van der Waals surface area contributed by atoms with Crippen molar-refractivity contribution in [3.8, 4) is 0 Å². The molecule has 0 spiro atoms. The first-order valence-corrected chi connectivity index (χ1v) is 9.98. The van der Waals surface area contributed by atoms with E-state index in [0.717, 1.165) is 38.8 Å². The zero-order valence-corrected chi connectivity index (χ0v) is 15.1. The van der Waals surface area contributed by atoms with Gasteiger partial charge in [-0.25, -0.2) is 8.42 Å². The van der Waals surface area contributed by atoms with Crippen LogP contribution < -0.4 is 10.3 Å². The highest BCUT2D eigenvalue weighted by molar-refractivity contribution is 7.92. The highest BCUT2D eigenvalue weighted by atomic mass is 32.2. The lowest BCUT2D eigenvalue weighted by Crippen LogP contribution is -2.38. The molecule has 8 heteroatoms. The molecule has 134 valence electrons. The Balaban J connectivity index is 2.23. The lowest BCUT2D eigenvalue weighted by Gasteiger charge is -2.21. The van der Waals surface area contributed by atoms with Gasteiger partial charge in [0.05, 0.1) is 5.75 Å². The molecule has 0 aliphatic carbocycles. The first-order chi connectivity index (χ1) is 11.3. The van der Waals surface area contributed by atoms with Gasteiger partial charge in [-0.2, -0.15) is 0 Å². The molecule has 2 heterocycles. The van der Waals surface area contributed by atoms with Crippen molar-refractivity contribution < 1.29 is 13.2 Å². The van der Waals surface area contributed by atoms with Crippen LogP contribution in [-0.4, -0.2) is 42.6 Å². The van der Waals surface area contributed by atoms with Crippen molar-refractivity contribution in [1.29, 1.82) is 0 Å². The highest BCUT2D eigenvalue weighted by Crippen LogP contribution is 2.11. The van der Waals surface area contributed by atoms with Gasteiger partial charge in [-0.1, -0.05) is 12.8 Å². The van der Waals surface area contributed by atoms with E-state index in [0.29, 0.717) is 5.69 Å². The highest BCUT2D eigenvalue weighted by Gasteiger charge is 2.19. The molecule has 0 aromatic carbocycles. The minimum Gasteiger partial charge on any atom is -0.341 e. The molecule has 0 unspecified atom stereocenters. The molecule has 24 heavy (non-hydrogen) atoms. The third kappa shape index (κ3) is 4.59. The normalized spacial score (nSPS) is 15.8. The van der Waals surface area contributed by atoms with Gasteiger partial charge in [0.2, 0.25) is 15.9 Å². The molecule has 0 atom stereocenters. The number of likely N-dealkylation sites (tertiary alicyclic amines) is 1. The van der Waals surface area contributed by atoms with Crippen molar-refractivity contribution >= 4 is 21.6 Å². The Morgan fingerprint density at radius 2 is 1.79 bits per heavy atom. The molecule has 0 radical (unpaired) electrons. The minimum atomic E-state index is -3.54. The van der Waals surface area contributed by atoms with Crippen LogP contribution in [0.15, 0.2) is 16.9 Å². The molecule has 1 fully saturated rings. The molecule has 1 aliphatic rings. The first kappa shape index (κ1) is 18.5. The van der Waals surface area contributed by atoms with E-state index in [9.17, 15) is 18.0 Å². The Labute approximate surface area is 142 Å². The van der Waals surface area contributed by atoms with Gasteiger partial charge in [0.25, 0.3) is 5.56 Å². The van der Waals surface area contributed by atoms with Crippen molar-refractivity contribution in [3.05, 3.63) is 28.2 Å². The maximum atomic E-state index is 12.5. The molecule has 1 N–H and O–H groups in total. The quantitative estimate of drug-likeness (QED) is 0.863. The molecule has 1 aliphatic heterocycles. The summed E-state index contributed by atoms with van der Waals surface area (Å²) in [5.74, 6) is -0.217. The molecule has 0 saturated carbocycles. The van der Waals surface area contributed by atoms with Crippen molar-refractivity contribution in [2.24, 2.45) is 0 Å². The summed E-state index contributed by atoms with van der Waals surface area (Å²) in [4.78, 5) is 26.8. The fourth-order valence-corrected chi connectivity index (χ4v) is 3.37. The summed E-state index contributed by atoms with van der Waals surface area (Å²) in [6, 6.07) is 3.09. The van der Waals surface area contributed by atoms with Gasteiger partial charge < -0.3 is 9.47 Å². The van der Waals surface area contributed by atoms with E-state index >= 15 is 0 Å². The maximum Gasteiger partial charge on any atom is 0.275 e. The summed E-state index contributed by atoms with van der Waals surface area (Å²) in [6.07, 6.45) is 4.21. The summed E-state index contributed by atoms with van der Waals surface area (Å²) >= 11 is 0.